The Morgan fingerprint density at radius 3 is 2.82 bits per heavy atom. The highest BCUT2D eigenvalue weighted by atomic mass is 16.2. The molecule has 17 heavy (non-hydrogen) atoms. The number of para-hydroxylation sites is 1. The van der Waals surface area contributed by atoms with Crippen molar-refractivity contribution in [2.24, 2.45) is 5.92 Å². The quantitative estimate of drug-likeness (QED) is 0.747. The normalized spacial score (nSPS) is 16.7. The average Bonchev–Trinajstić information content (AvgIpc) is 2.35. The van der Waals surface area contributed by atoms with Gasteiger partial charge in [0, 0.05) is 26.1 Å². The van der Waals surface area contributed by atoms with Gasteiger partial charge in [-0.15, -0.1) is 0 Å². The van der Waals surface area contributed by atoms with E-state index in [2.05, 4.69) is 0 Å². The number of hydrogen-bond acceptors (Lipinski definition) is 2. The van der Waals surface area contributed by atoms with Crippen LogP contribution in [0.3, 0.4) is 0 Å². The van der Waals surface area contributed by atoms with Crippen LogP contribution in [0.1, 0.15) is 12.5 Å². The summed E-state index contributed by atoms with van der Waals surface area (Å²) >= 11 is 0. The Hall–Kier alpha value is -1.84. The van der Waals surface area contributed by atoms with Crippen LogP contribution in [-0.2, 0) is 11.3 Å². The lowest BCUT2D eigenvalue weighted by Gasteiger charge is -2.35. The Morgan fingerprint density at radius 2 is 2.12 bits per heavy atom. The zero-order chi connectivity index (χ0) is 12.4. The molecule has 2 rings (SSSR count). The predicted molar refractivity (Wildman–Crippen MR) is 65.9 cm³/mol. The highest BCUT2D eigenvalue weighted by Crippen LogP contribution is 2.27. The van der Waals surface area contributed by atoms with Crippen LogP contribution in [0.15, 0.2) is 24.3 Å². The molecular weight excluding hydrogens is 216 g/mol. The van der Waals surface area contributed by atoms with Crippen molar-refractivity contribution in [1.82, 2.24) is 4.90 Å². The standard InChI is InChI=1S/C13H16N2O2/c1-10(9-16)7-15-8-11-5-3-4-6-12(11)14(2)13(15)17/h3-6,9-10H,7-8H2,1-2H3. The molecule has 1 aliphatic heterocycles. The van der Waals surface area contributed by atoms with Crippen LogP contribution in [0.2, 0.25) is 0 Å². The van der Waals surface area contributed by atoms with Crippen LogP contribution in [0.4, 0.5) is 10.5 Å². The molecule has 1 atom stereocenters. The zero-order valence-electron chi connectivity index (χ0n) is 10.1. The van der Waals surface area contributed by atoms with Crippen LogP contribution in [0.25, 0.3) is 0 Å². The van der Waals surface area contributed by atoms with Gasteiger partial charge in [-0.1, -0.05) is 25.1 Å². The highest BCUT2D eigenvalue weighted by molar-refractivity contribution is 5.94. The number of benzene rings is 1. The van der Waals surface area contributed by atoms with Crippen molar-refractivity contribution in [3.63, 3.8) is 0 Å². The van der Waals surface area contributed by atoms with E-state index in [0.29, 0.717) is 13.1 Å². The average molecular weight is 232 g/mol. The van der Waals surface area contributed by atoms with E-state index in [1.54, 1.807) is 16.8 Å². The summed E-state index contributed by atoms with van der Waals surface area (Å²) in [6, 6.07) is 7.79. The maximum absolute atomic E-state index is 12.1. The van der Waals surface area contributed by atoms with Gasteiger partial charge >= 0.3 is 6.03 Å². The molecule has 90 valence electrons. The molecule has 0 bridgehead atoms. The topological polar surface area (TPSA) is 40.6 Å². The third kappa shape index (κ3) is 2.16. The first-order chi connectivity index (χ1) is 8.13. The van der Waals surface area contributed by atoms with Gasteiger partial charge in [0.2, 0.25) is 0 Å². The van der Waals surface area contributed by atoms with Gasteiger partial charge in [0.15, 0.2) is 0 Å². The molecule has 0 N–H and O–H groups in total. The van der Waals surface area contributed by atoms with Gasteiger partial charge < -0.3 is 9.69 Å². The molecule has 4 heteroatoms. The first kappa shape index (κ1) is 11.6. The zero-order valence-corrected chi connectivity index (χ0v) is 10.1. The van der Waals surface area contributed by atoms with Crippen LogP contribution in [-0.4, -0.2) is 30.8 Å². The third-order valence-electron chi connectivity index (χ3n) is 3.01. The summed E-state index contributed by atoms with van der Waals surface area (Å²) in [6.07, 6.45) is 0.883. The van der Waals surface area contributed by atoms with Crippen molar-refractivity contribution in [2.45, 2.75) is 13.5 Å². The Balaban J connectivity index is 2.24. The van der Waals surface area contributed by atoms with Crippen molar-refractivity contribution in [3.8, 4) is 0 Å². The van der Waals surface area contributed by atoms with E-state index in [1.165, 1.54) is 0 Å². The fourth-order valence-electron chi connectivity index (χ4n) is 2.09. The lowest BCUT2D eigenvalue weighted by atomic mass is 10.1. The summed E-state index contributed by atoms with van der Waals surface area (Å²) in [4.78, 5) is 26.1. The monoisotopic (exact) mass is 232 g/mol. The van der Waals surface area contributed by atoms with Gasteiger partial charge in [-0.25, -0.2) is 4.79 Å². The highest BCUT2D eigenvalue weighted by Gasteiger charge is 2.27. The second-order valence-electron chi connectivity index (χ2n) is 4.46. The molecule has 0 radical (unpaired) electrons. The molecule has 0 fully saturated rings. The summed E-state index contributed by atoms with van der Waals surface area (Å²) in [5, 5.41) is 0. The van der Waals surface area contributed by atoms with Crippen LogP contribution in [0.5, 0.6) is 0 Å². The molecule has 0 aromatic heterocycles. The van der Waals surface area contributed by atoms with Crippen molar-refractivity contribution in [3.05, 3.63) is 29.8 Å². The number of aldehydes is 1. The number of hydrogen-bond donors (Lipinski definition) is 0. The largest absolute Gasteiger partial charge is 0.324 e. The van der Waals surface area contributed by atoms with Gasteiger partial charge in [-0.2, -0.15) is 0 Å². The van der Waals surface area contributed by atoms with Gasteiger partial charge in [0.05, 0.1) is 5.69 Å². The number of rotatable bonds is 3. The fraction of sp³-hybridized carbons (Fsp3) is 0.385. The van der Waals surface area contributed by atoms with Gasteiger partial charge in [0.1, 0.15) is 6.29 Å². The van der Waals surface area contributed by atoms with Gasteiger partial charge in [-0.05, 0) is 11.6 Å². The summed E-state index contributed by atoms with van der Waals surface area (Å²) < 4.78 is 0. The predicted octanol–water partition coefficient (Wildman–Crippen LogP) is 1.89. The third-order valence-corrected chi connectivity index (χ3v) is 3.01. The number of carbonyl (C=O) groups excluding carboxylic acids is 2. The summed E-state index contributed by atoms with van der Waals surface area (Å²) in [7, 11) is 1.76. The van der Waals surface area contributed by atoms with Crippen LogP contribution in [0, 0.1) is 5.92 Å². The smallest absolute Gasteiger partial charge is 0.319 e. The Bertz CT molecular complexity index is 445. The molecule has 0 saturated carbocycles. The minimum absolute atomic E-state index is 0.0441. The summed E-state index contributed by atoms with van der Waals surface area (Å²) in [6.45, 7) is 2.87. The molecule has 1 aliphatic rings. The molecule has 4 nitrogen and oxygen atoms in total. The first-order valence-corrected chi connectivity index (χ1v) is 5.69. The Labute approximate surface area is 101 Å². The summed E-state index contributed by atoms with van der Waals surface area (Å²) in [5.74, 6) is -0.127. The molecule has 0 saturated heterocycles. The van der Waals surface area contributed by atoms with Crippen LogP contribution >= 0.6 is 0 Å². The number of carbonyl (C=O) groups is 2. The molecule has 1 aromatic rings. The van der Waals surface area contributed by atoms with Crippen molar-refractivity contribution in [1.29, 1.82) is 0 Å². The van der Waals surface area contributed by atoms with E-state index in [0.717, 1.165) is 17.5 Å². The van der Waals surface area contributed by atoms with Crippen molar-refractivity contribution >= 4 is 18.0 Å². The Morgan fingerprint density at radius 1 is 1.41 bits per heavy atom. The number of anilines is 1. The lowest BCUT2D eigenvalue weighted by Crippen LogP contribution is -2.46. The van der Waals surface area contributed by atoms with E-state index in [4.69, 9.17) is 0 Å². The van der Waals surface area contributed by atoms with E-state index >= 15 is 0 Å². The minimum Gasteiger partial charge on any atom is -0.319 e. The number of amides is 2. The number of urea groups is 1. The van der Waals surface area contributed by atoms with E-state index < -0.39 is 0 Å². The molecule has 1 aromatic carbocycles. The SMILES string of the molecule is CC(C=O)CN1Cc2ccccc2N(C)C1=O. The number of fused-ring (bicyclic) bond motifs is 1. The van der Waals surface area contributed by atoms with Gasteiger partial charge in [-0.3, -0.25) is 4.90 Å². The van der Waals surface area contributed by atoms with Crippen molar-refractivity contribution in [2.75, 3.05) is 18.5 Å². The molecule has 1 unspecified atom stereocenters. The van der Waals surface area contributed by atoms with Crippen LogP contribution < -0.4 is 4.90 Å². The second kappa shape index (κ2) is 4.57. The van der Waals surface area contributed by atoms with E-state index in [1.807, 2.05) is 31.2 Å². The maximum atomic E-state index is 12.1. The molecule has 0 spiro atoms. The van der Waals surface area contributed by atoms with Crippen molar-refractivity contribution < 1.29 is 9.59 Å². The van der Waals surface area contributed by atoms with E-state index in [-0.39, 0.29) is 11.9 Å². The Kier molecular flexibility index (Phi) is 3.13. The molecule has 2 amide bonds. The molecule has 1 heterocycles. The molecular formula is C13H16N2O2. The minimum atomic E-state index is -0.127. The van der Waals surface area contributed by atoms with E-state index in [9.17, 15) is 9.59 Å². The first-order valence-electron chi connectivity index (χ1n) is 5.69. The summed E-state index contributed by atoms with van der Waals surface area (Å²) in [5.41, 5.74) is 2.07. The second-order valence-corrected chi connectivity index (χ2v) is 4.46. The van der Waals surface area contributed by atoms with Gasteiger partial charge in [0.25, 0.3) is 0 Å². The lowest BCUT2D eigenvalue weighted by molar-refractivity contribution is -0.111. The number of nitrogens with zero attached hydrogens (tertiary/aromatic N) is 2. The molecule has 0 aliphatic carbocycles. The fourth-order valence-corrected chi connectivity index (χ4v) is 2.09. The maximum Gasteiger partial charge on any atom is 0.324 e.